The molecule has 1 aliphatic heterocycles. The number of halogens is 2. The number of carbonyl (C=O) groups excluding carboxylic acids is 1. The maximum absolute atomic E-state index is 13.1. The van der Waals surface area contributed by atoms with Crippen molar-refractivity contribution in [2.45, 2.75) is 12.7 Å². The highest BCUT2D eigenvalue weighted by molar-refractivity contribution is 5.77. The van der Waals surface area contributed by atoms with Gasteiger partial charge < -0.3 is 20.5 Å². The molecule has 3 aromatic rings. The van der Waals surface area contributed by atoms with Gasteiger partial charge in [0.15, 0.2) is 11.5 Å². The van der Waals surface area contributed by atoms with Gasteiger partial charge in [-0.2, -0.15) is 0 Å². The normalized spacial score (nSPS) is 13.9. The Hall–Kier alpha value is -3.75. The second kappa shape index (κ2) is 6.76. The average Bonchev–Trinajstić information content (AvgIpc) is 2.95. The number of carbonyl (C=O) groups is 1. The van der Waals surface area contributed by atoms with Crippen LogP contribution in [0.3, 0.4) is 0 Å². The van der Waals surface area contributed by atoms with Gasteiger partial charge in [0.2, 0.25) is 5.91 Å². The van der Waals surface area contributed by atoms with Gasteiger partial charge in [-0.3, -0.25) is 9.78 Å². The van der Waals surface area contributed by atoms with Crippen LogP contribution >= 0.6 is 0 Å². The van der Waals surface area contributed by atoms with Crippen LogP contribution in [0.1, 0.15) is 5.56 Å². The Kier molecular flexibility index (Phi) is 4.26. The Bertz CT molecular complexity index is 1060. The zero-order valence-electron chi connectivity index (χ0n) is 14.4. The smallest absolute Gasteiger partial charge is 0.395 e. The molecule has 4 rings (SSSR count). The Morgan fingerprint density at radius 2 is 1.93 bits per heavy atom. The first-order chi connectivity index (χ1) is 13.4. The van der Waals surface area contributed by atoms with Gasteiger partial charge in [-0.05, 0) is 23.8 Å². The number of fused-ring (bicyclic) bond motifs is 1. The molecule has 0 saturated carbocycles. The standard InChI is InChI=1S/C19H14F2N4O3/c20-19(21)27-15-5-4-13(8-16(15)28-19)24-18-10-23-9-14(25-18)12-3-1-2-11(6-12)7-17(22)26/h1-6,8-10H,7H2,(H2,22,26)(H,24,25). The van der Waals surface area contributed by atoms with Gasteiger partial charge in [-0.25, -0.2) is 4.98 Å². The first-order valence-corrected chi connectivity index (χ1v) is 8.24. The van der Waals surface area contributed by atoms with E-state index in [0.717, 1.165) is 11.1 Å². The zero-order chi connectivity index (χ0) is 19.7. The number of alkyl halides is 2. The van der Waals surface area contributed by atoms with E-state index in [0.29, 0.717) is 17.2 Å². The number of rotatable bonds is 5. The molecule has 9 heteroatoms. The summed E-state index contributed by atoms with van der Waals surface area (Å²) in [6, 6.07) is 11.6. The number of hydrogen-bond donors (Lipinski definition) is 2. The third kappa shape index (κ3) is 3.83. The minimum absolute atomic E-state index is 0.0401. The van der Waals surface area contributed by atoms with Crippen molar-refractivity contribution in [1.29, 1.82) is 0 Å². The maximum Gasteiger partial charge on any atom is 0.586 e. The first-order valence-electron chi connectivity index (χ1n) is 8.24. The lowest BCUT2D eigenvalue weighted by molar-refractivity contribution is -0.286. The number of nitrogens with two attached hydrogens (primary N) is 1. The van der Waals surface area contributed by atoms with E-state index < -0.39 is 12.2 Å². The van der Waals surface area contributed by atoms with Crippen molar-refractivity contribution < 1.29 is 23.0 Å². The molecule has 0 fully saturated rings. The maximum atomic E-state index is 13.1. The van der Waals surface area contributed by atoms with Crippen LogP contribution in [0.5, 0.6) is 11.5 Å². The van der Waals surface area contributed by atoms with E-state index in [9.17, 15) is 13.6 Å². The van der Waals surface area contributed by atoms with E-state index in [1.165, 1.54) is 18.3 Å². The number of amides is 1. The minimum atomic E-state index is -3.67. The highest BCUT2D eigenvalue weighted by Gasteiger charge is 2.43. The van der Waals surface area contributed by atoms with Crippen LogP contribution in [0, 0.1) is 0 Å². The van der Waals surface area contributed by atoms with E-state index in [-0.39, 0.29) is 17.9 Å². The molecule has 0 aliphatic carbocycles. The van der Waals surface area contributed by atoms with Gasteiger partial charge in [-0.15, -0.1) is 8.78 Å². The number of nitrogens with one attached hydrogen (secondary N) is 1. The summed E-state index contributed by atoms with van der Waals surface area (Å²) in [5.74, 6) is -0.129. The van der Waals surface area contributed by atoms with Crippen LogP contribution in [-0.2, 0) is 11.2 Å². The topological polar surface area (TPSA) is 99.4 Å². The molecule has 2 heterocycles. The molecule has 1 aromatic heterocycles. The SMILES string of the molecule is NC(=O)Cc1cccc(-c2cncc(Nc3ccc4c(c3)OC(F)(F)O4)n2)c1. The summed E-state index contributed by atoms with van der Waals surface area (Å²) in [7, 11) is 0. The van der Waals surface area contributed by atoms with Crippen LogP contribution < -0.4 is 20.5 Å². The van der Waals surface area contributed by atoms with Crippen LogP contribution in [0.4, 0.5) is 20.3 Å². The highest BCUT2D eigenvalue weighted by Crippen LogP contribution is 2.42. The average molecular weight is 384 g/mol. The number of nitrogens with zero attached hydrogens (tertiary/aromatic N) is 2. The van der Waals surface area contributed by atoms with Gasteiger partial charge in [0.1, 0.15) is 5.82 Å². The van der Waals surface area contributed by atoms with Gasteiger partial charge in [0.05, 0.1) is 24.5 Å². The van der Waals surface area contributed by atoms with Crippen molar-refractivity contribution in [2.75, 3.05) is 5.32 Å². The van der Waals surface area contributed by atoms with E-state index in [4.69, 9.17) is 5.73 Å². The summed E-state index contributed by atoms with van der Waals surface area (Å²) in [6.45, 7) is 0. The largest absolute Gasteiger partial charge is 0.586 e. The molecule has 2 aromatic carbocycles. The summed E-state index contributed by atoms with van der Waals surface area (Å²) in [4.78, 5) is 19.7. The lowest BCUT2D eigenvalue weighted by atomic mass is 10.1. The van der Waals surface area contributed by atoms with Gasteiger partial charge in [-0.1, -0.05) is 18.2 Å². The van der Waals surface area contributed by atoms with Crippen molar-refractivity contribution in [3.63, 3.8) is 0 Å². The van der Waals surface area contributed by atoms with Gasteiger partial charge in [0, 0.05) is 17.3 Å². The molecule has 142 valence electrons. The second-order valence-electron chi connectivity index (χ2n) is 6.09. The molecule has 1 amide bonds. The van der Waals surface area contributed by atoms with Crippen LogP contribution in [0.25, 0.3) is 11.3 Å². The predicted molar refractivity (Wildman–Crippen MR) is 96.3 cm³/mol. The number of ether oxygens (including phenoxy) is 2. The van der Waals surface area contributed by atoms with Gasteiger partial charge in [0.25, 0.3) is 0 Å². The number of anilines is 2. The molecule has 0 unspecified atom stereocenters. The number of benzene rings is 2. The number of primary amides is 1. The summed E-state index contributed by atoms with van der Waals surface area (Å²) in [5, 5.41) is 2.99. The molecule has 7 nitrogen and oxygen atoms in total. The van der Waals surface area contributed by atoms with E-state index in [1.54, 1.807) is 30.5 Å². The molecule has 3 N–H and O–H groups in total. The molecule has 0 saturated heterocycles. The fraction of sp³-hybridized carbons (Fsp3) is 0.105. The van der Waals surface area contributed by atoms with Crippen molar-refractivity contribution in [2.24, 2.45) is 5.73 Å². The molecular formula is C19H14F2N4O3. The molecular weight excluding hydrogens is 370 g/mol. The molecule has 0 radical (unpaired) electrons. The third-order valence-electron chi connectivity index (χ3n) is 3.91. The first kappa shape index (κ1) is 17.7. The summed E-state index contributed by atoms with van der Waals surface area (Å²) in [5.41, 5.74) is 7.82. The number of aromatic nitrogens is 2. The highest BCUT2D eigenvalue weighted by atomic mass is 19.3. The van der Waals surface area contributed by atoms with E-state index in [1.807, 2.05) is 6.07 Å². The van der Waals surface area contributed by atoms with Crippen molar-refractivity contribution in [1.82, 2.24) is 9.97 Å². The minimum Gasteiger partial charge on any atom is -0.395 e. The van der Waals surface area contributed by atoms with Crippen LogP contribution in [0.15, 0.2) is 54.9 Å². The monoisotopic (exact) mass is 384 g/mol. The molecule has 1 aliphatic rings. The summed E-state index contributed by atoms with van der Waals surface area (Å²) < 4.78 is 35.1. The quantitative estimate of drug-likeness (QED) is 0.701. The lowest BCUT2D eigenvalue weighted by Gasteiger charge is -2.08. The fourth-order valence-corrected chi connectivity index (χ4v) is 2.78. The Balaban J connectivity index is 1.56. The second-order valence-corrected chi connectivity index (χ2v) is 6.09. The Labute approximate surface area is 158 Å². The lowest BCUT2D eigenvalue weighted by Crippen LogP contribution is -2.25. The summed E-state index contributed by atoms with van der Waals surface area (Å²) in [6.07, 6.45) is -0.470. The van der Waals surface area contributed by atoms with Gasteiger partial charge >= 0.3 is 6.29 Å². The molecule has 0 spiro atoms. The Morgan fingerprint density at radius 3 is 2.75 bits per heavy atom. The predicted octanol–water partition coefficient (Wildman–Crippen LogP) is 3.24. The zero-order valence-corrected chi connectivity index (χ0v) is 14.4. The van der Waals surface area contributed by atoms with Crippen molar-refractivity contribution >= 4 is 17.4 Å². The fourth-order valence-electron chi connectivity index (χ4n) is 2.78. The number of hydrogen-bond acceptors (Lipinski definition) is 6. The molecule has 0 bridgehead atoms. The van der Waals surface area contributed by atoms with Crippen molar-refractivity contribution in [3.05, 3.63) is 60.4 Å². The Morgan fingerprint density at radius 1 is 1.11 bits per heavy atom. The van der Waals surface area contributed by atoms with E-state index in [2.05, 4.69) is 24.8 Å². The third-order valence-corrected chi connectivity index (χ3v) is 3.91. The van der Waals surface area contributed by atoms with Crippen molar-refractivity contribution in [3.8, 4) is 22.8 Å². The van der Waals surface area contributed by atoms with Crippen LogP contribution in [-0.4, -0.2) is 22.2 Å². The molecule has 28 heavy (non-hydrogen) atoms. The summed E-state index contributed by atoms with van der Waals surface area (Å²) >= 11 is 0. The van der Waals surface area contributed by atoms with E-state index >= 15 is 0 Å². The molecule has 0 atom stereocenters. The van der Waals surface area contributed by atoms with Crippen LogP contribution in [0.2, 0.25) is 0 Å².